The topological polar surface area (TPSA) is 15.3 Å². The maximum absolute atomic E-state index is 3.80. The standard InChI is InChI=1S/C7H13BrN2/c1-7(8)6-10-4-2-9-3-5-10/h9H,1-6H2. The minimum atomic E-state index is 0.988. The van der Waals surface area contributed by atoms with Crippen LogP contribution in [-0.4, -0.2) is 37.6 Å². The first-order valence-electron chi connectivity index (χ1n) is 3.55. The van der Waals surface area contributed by atoms with Crippen LogP contribution in [-0.2, 0) is 0 Å². The zero-order valence-corrected chi connectivity index (χ0v) is 7.65. The molecule has 1 rings (SSSR count). The number of hydrogen-bond donors (Lipinski definition) is 1. The van der Waals surface area contributed by atoms with E-state index in [9.17, 15) is 0 Å². The molecule has 58 valence electrons. The molecule has 0 aromatic rings. The van der Waals surface area contributed by atoms with Crippen molar-refractivity contribution in [1.29, 1.82) is 0 Å². The largest absolute Gasteiger partial charge is 0.314 e. The molecule has 1 N–H and O–H groups in total. The van der Waals surface area contributed by atoms with Crippen molar-refractivity contribution in [1.82, 2.24) is 10.2 Å². The lowest BCUT2D eigenvalue weighted by molar-refractivity contribution is 0.264. The minimum Gasteiger partial charge on any atom is -0.314 e. The van der Waals surface area contributed by atoms with E-state index in [1.807, 2.05) is 0 Å². The summed E-state index contributed by atoms with van der Waals surface area (Å²) in [5.74, 6) is 0. The Morgan fingerprint density at radius 1 is 1.50 bits per heavy atom. The summed E-state index contributed by atoms with van der Waals surface area (Å²) in [4.78, 5) is 2.38. The van der Waals surface area contributed by atoms with Crippen LogP contribution in [0.15, 0.2) is 11.1 Å². The van der Waals surface area contributed by atoms with Crippen LogP contribution in [0, 0.1) is 0 Å². The molecule has 0 spiro atoms. The van der Waals surface area contributed by atoms with Gasteiger partial charge in [-0.3, -0.25) is 4.90 Å². The fourth-order valence-electron chi connectivity index (χ4n) is 1.11. The molecule has 1 fully saturated rings. The number of hydrogen-bond acceptors (Lipinski definition) is 2. The number of rotatable bonds is 2. The molecule has 1 saturated heterocycles. The lowest BCUT2D eigenvalue weighted by atomic mass is 10.3. The summed E-state index contributed by atoms with van der Waals surface area (Å²) in [5.41, 5.74) is 0. The molecule has 2 nitrogen and oxygen atoms in total. The number of nitrogens with zero attached hydrogens (tertiary/aromatic N) is 1. The summed E-state index contributed by atoms with van der Waals surface area (Å²) >= 11 is 3.35. The highest BCUT2D eigenvalue weighted by atomic mass is 79.9. The van der Waals surface area contributed by atoms with Crippen molar-refractivity contribution in [2.24, 2.45) is 0 Å². The van der Waals surface area contributed by atoms with E-state index in [0.29, 0.717) is 0 Å². The average molecular weight is 205 g/mol. The lowest BCUT2D eigenvalue weighted by Gasteiger charge is -2.26. The zero-order chi connectivity index (χ0) is 7.40. The van der Waals surface area contributed by atoms with Crippen LogP contribution in [0.4, 0.5) is 0 Å². The van der Waals surface area contributed by atoms with E-state index in [4.69, 9.17) is 0 Å². The molecular formula is C7H13BrN2. The number of nitrogens with one attached hydrogen (secondary N) is 1. The highest BCUT2D eigenvalue weighted by molar-refractivity contribution is 9.11. The molecule has 0 radical (unpaired) electrons. The van der Waals surface area contributed by atoms with Gasteiger partial charge >= 0.3 is 0 Å². The quantitative estimate of drug-likeness (QED) is 0.717. The zero-order valence-electron chi connectivity index (χ0n) is 6.07. The van der Waals surface area contributed by atoms with Gasteiger partial charge in [0.05, 0.1) is 0 Å². The molecule has 0 atom stereocenters. The second-order valence-corrected chi connectivity index (χ2v) is 3.66. The summed E-state index contributed by atoms with van der Waals surface area (Å²) in [6.07, 6.45) is 0. The molecule has 0 aromatic carbocycles. The second kappa shape index (κ2) is 4.11. The Bertz CT molecular complexity index is 119. The highest BCUT2D eigenvalue weighted by Gasteiger charge is 2.08. The van der Waals surface area contributed by atoms with Crippen molar-refractivity contribution in [3.05, 3.63) is 11.1 Å². The third-order valence-electron chi connectivity index (χ3n) is 1.60. The van der Waals surface area contributed by atoms with Crippen LogP contribution >= 0.6 is 15.9 Å². The monoisotopic (exact) mass is 204 g/mol. The molecule has 0 aromatic heterocycles. The van der Waals surface area contributed by atoms with Gasteiger partial charge in [0.1, 0.15) is 0 Å². The van der Waals surface area contributed by atoms with E-state index < -0.39 is 0 Å². The van der Waals surface area contributed by atoms with Crippen LogP contribution in [0.5, 0.6) is 0 Å². The summed E-state index contributed by atoms with van der Waals surface area (Å²) < 4.78 is 1.08. The molecule has 0 unspecified atom stereocenters. The minimum absolute atomic E-state index is 0.988. The maximum atomic E-state index is 3.80. The highest BCUT2D eigenvalue weighted by Crippen LogP contribution is 2.04. The first kappa shape index (κ1) is 8.24. The summed E-state index contributed by atoms with van der Waals surface area (Å²) in [5, 5.41) is 3.30. The first-order chi connectivity index (χ1) is 4.79. The average Bonchev–Trinajstić information content (AvgIpc) is 1.88. The normalized spacial score (nSPS) is 20.9. The summed E-state index contributed by atoms with van der Waals surface area (Å²) in [6, 6.07) is 0. The number of halogens is 1. The smallest absolute Gasteiger partial charge is 0.0294 e. The Hall–Kier alpha value is 0.140. The molecule has 1 aliphatic rings. The van der Waals surface area contributed by atoms with E-state index in [2.05, 4.69) is 32.7 Å². The molecule has 0 bridgehead atoms. The fraction of sp³-hybridized carbons (Fsp3) is 0.714. The first-order valence-corrected chi connectivity index (χ1v) is 4.34. The van der Waals surface area contributed by atoms with Crippen LogP contribution < -0.4 is 5.32 Å². The van der Waals surface area contributed by atoms with Gasteiger partial charge in [-0.05, 0) is 0 Å². The van der Waals surface area contributed by atoms with Gasteiger partial charge in [-0.15, -0.1) is 0 Å². The van der Waals surface area contributed by atoms with Gasteiger partial charge in [0.15, 0.2) is 0 Å². The molecule has 1 heterocycles. The molecular weight excluding hydrogens is 192 g/mol. The van der Waals surface area contributed by atoms with Gasteiger partial charge in [-0.2, -0.15) is 0 Å². The van der Waals surface area contributed by atoms with Gasteiger partial charge in [0.25, 0.3) is 0 Å². The predicted octanol–water partition coefficient (Wildman–Crippen LogP) is 0.800. The molecule has 3 heteroatoms. The van der Waals surface area contributed by atoms with E-state index in [1.54, 1.807) is 0 Å². The molecule has 0 saturated carbocycles. The van der Waals surface area contributed by atoms with E-state index >= 15 is 0 Å². The van der Waals surface area contributed by atoms with Gasteiger partial charge in [0.2, 0.25) is 0 Å². The van der Waals surface area contributed by atoms with Crippen LogP contribution in [0.25, 0.3) is 0 Å². The molecule has 0 aliphatic carbocycles. The van der Waals surface area contributed by atoms with Gasteiger partial charge in [0, 0.05) is 37.2 Å². The third-order valence-corrected chi connectivity index (χ3v) is 1.86. The van der Waals surface area contributed by atoms with Crippen molar-refractivity contribution in [3.8, 4) is 0 Å². The molecule has 10 heavy (non-hydrogen) atoms. The Kier molecular flexibility index (Phi) is 3.39. The van der Waals surface area contributed by atoms with Crippen molar-refractivity contribution in [2.75, 3.05) is 32.7 Å². The Morgan fingerprint density at radius 2 is 2.10 bits per heavy atom. The van der Waals surface area contributed by atoms with E-state index in [1.165, 1.54) is 0 Å². The Balaban J connectivity index is 2.19. The second-order valence-electron chi connectivity index (χ2n) is 2.54. The van der Waals surface area contributed by atoms with Crippen molar-refractivity contribution in [3.63, 3.8) is 0 Å². The summed E-state index contributed by atoms with van der Waals surface area (Å²) in [6.45, 7) is 9.30. The van der Waals surface area contributed by atoms with Crippen LogP contribution in [0.3, 0.4) is 0 Å². The van der Waals surface area contributed by atoms with Crippen LogP contribution in [0.1, 0.15) is 0 Å². The van der Waals surface area contributed by atoms with Crippen molar-refractivity contribution in [2.45, 2.75) is 0 Å². The SMILES string of the molecule is C=C(Br)CN1CCNCC1. The third kappa shape index (κ3) is 2.82. The molecule has 1 aliphatic heterocycles. The van der Waals surface area contributed by atoms with E-state index in [0.717, 1.165) is 37.2 Å². The van der Waals surface area contributed by atoms with Gasteiger partial charge in [-0.1, -0.05) is 22.5 Å². The van der Waals surface area contributed by atoms with Crippen molar-refractivity contribution >= 4 is 15.9 Å². The van der Waals surface area contributed by atoms with Gasteiger partial charge < -0.3 is 5.32 Å². The van der Waals surface area contributed by atoms with Gasteiger partial charge in [-0.25, -0.2) is 0 Å². The Labute approximate surface area is 70.4 Å². The summed E-state index contributed by atoms with van der Waals surface area (Å²) in [7, 11) is 0. The number of piperazine rings is 1. The lowest BCUT2D eigenvalue weighted by Crippen LogP contribution is -2.43. The van der Waals surface area contributed by atoms with E-state index in [-0.39, 0.29) is 0 Å². The van der Waals surface area contributed by atoms with Crippen LogP contribution in [0.2, 0.25) is 0 Å². The predicted molar refractivity (Wildman–Crippen MR) is 47.4 cm³/mol. The van der Waals surface area contributed by atoms with Crippen molar-refractivity contribution < 1.29 is 0 Å². The maximum Gasteiger partial charge on any atom is 0.0294 e. The molecule has 0 amide bonds. The fourth-order valence-corrected chi connectivity index (χ4v) is 1.47. The Morgan fingerprint density at radius 3 is 2.60 bits per heavy atom.